The molecule has 0 aliphatic carbocycles. The fraction of sp³-hybridized carbons (Fsp3) is 0.167. The summed E-state index contributed by atoms with van der Waals surface area (Å²) in [6.45, 7) is 0.524. The number of imide groups is 1. The number of fused-ring (bicyclic) bond motifs is 3. The molecule has 2 aliphatic rings. The van der Waals surface area contributed by atoms with Crippen LogP contribution < -0.4 is 16.0 Å². The minimum atomic E-state index is -0.696. The van der Waals surface area contributed by atoms with E-state index in [1.807, 2.05) is 42.5 Å². The van der Waals surface area contributed by atoms with Gasteiger partial charge in [0.05, 0.1) is 16.3 Å². The number of hydrogen-bond acceptors (Lipinski definition) is 7. The summed E-state index contributed by atoms with van der Waals surface area (Å²) < 4.78 is 0. The van der Waals surface area contributed by atoms with Gasteiger partial charge in [-0.05, 0) is 65.4 Å². The molecule has 0 spiro atoms. The van der Waals surface area contributed by atoms with E-state index >= 15 is 0 Å². The lowest BCUT2D eigenvalue weighted by Crippen LogP contribution is -2.52. The number of piperidine rings is 1. The van der Waals surface area contributed by atoms with Crippen molar-refractivity contribution in [3.8, 4) is 34.2 Å². The Balaban J connectivity index is 0.914. The summed E-state index contributed by atoms with van der Waals surface area (Å²) in [6.07, 6.45) is 5.91. The van der Waals surface area contributed by atoms with Gasteiger partial charge in [-0.2, -0.15) is 0 Å². The molecule has 2 aliphatic heterocycles. The van der Waals surface area contributed by atoms with Gasteiger partial charge in [0.25, 0.3) is 17.7 Å². The number of carbonyl (C=O) groups excluding carboxylic acids is 5. The number of carbonyl (C=O) groups is 5. The van der Waals surface area contributed by atoms with Crippen LogP contribution in [0.3, 0.4) is 0 Å². The minimum absolute atomic E-state index is 0.187. The Morgan fingerprint density at radius 1 is 0.945 bits per heavy atom. The summed E-state index contributed by atoms with van der Waals surface area (Å²) in [4.78, 5) is 76.1. The Morgan fingerprint density at radius 3 is 2.58 bits per heavy atom. The molecule has 55 heavy (non-hydrogen) atoms. The summed E-state index contributed by atoms with van der Waals surface area (Å²) >= 11 is 6.74. The summed E-state index contributed by atoms with van der Waals surface area (Å²) in [5, 5.41) is 11.0. The van der Waals surface area contributed by atoms with Crippen molar-refractivity contribution in [1.29, 1.82) is 0 Å². The number of nitrogens with one attached hydrogen (secondary N) is 4. The largest absolute Gasteiger partial charge is 0.360 e. The highest BCUT2D eigenvalue weighted by molar-refractivity contribution is 6.35. The van der Waals surface area contributed by atoms with Crippen molar-refractivity contribution in [2.45, 2.75) is 31.8 Å². The van der Waals surface area contributed by atoms with Gasteiger partial charge in [0.1, 0.15) is 11.7 Å². The molecule has 8 rings (SSSR count). The smallest absolute Gasteiger partial charge is 0.269 e. The van der Waals surface area contributed by atoms with Crippen LogP contribution in [0.4, 0.5) is 0 Å². The quantitative estimate of drug-likeness (QED) is 0.0965. The van der Waals surface area contributed by atoms with Crippen LogP contribution in [0.5, 0.6) is 0 Å². The van der Waals surface area contributed by atoms with Gasteiger partial charge in [0.15, 0.2) is 0 Å². The normalized spacial score (nSPS) is 15.1. The zero-order chi connectivity index (χ0) is 38.2. The number of amides is 5. The second kappa shape index (κ2) is 14.5. The lowest BCUT2D eigenvalue weighted by molar-refractivity contribution is -0.136. The number of benzene rings is 3. The number of H-pyrrole nitrogens is 1. The van der Waals surface area contributed by atoms with E-state index in [1.54, 1.807) is 49.9 Å². The van der Waals surface area contributed by atoms with Crippen LogP contribution in [-0.4, -0.2) is 69.0 Å². The van der Waals surface area contributed by atoms with Gasteiger partial charge >= 0.3 is 0 Å². The predicted octanol–water partition coefficient (Wildman–Crippen LogP) is 5.39. The third-order valence-corrected chi connectivity index (χ3v) is 10.2. The highest BCUT2D eigenvalue weighted by Gasteiger charge is 2.39. The fourth-order valence-electron chi connectivity index (χ4n) is 7.11. The van der Waals surface area contributed by atoms with Gasteiger partial charge in [-0.1, -0.05) is 47.7 Å². The van der Waals surface area contributed by atoms with Crippen LogP contribution in [0.15, 0.2) is 85.3 Å². The first-order valence-electron chi connectivity index (χ1n) is 17.6. The van der Waals surface area contributed by atoms with E-state index in [0.29, 0.717) is 33.8 Å². The van der Waals surface area contributed by atoms with E-state index in [-0.39, 0.29) is 55.3 Å². The van der Waals surface area contributed by atoms with E-state index in [1.165, 1.54) is 4.90 Å². The van der Waals surface area contributed by atoms with E-state index in [2.05, 4.69) is 37.8 Å². The van der Waals surface area contributed by atoms with E-state index in [4.69, 9.17) is 16.6 Å². The van der Waals surface area contributed by atoms with Crippen molar-refractivity contribution in [2.75, 3.05) is 13.6 Å². The molecule has 13 heteroatoms. The zero-order valence-electron chi connectivity index (χ0n) is 29.5. The Kier molecular flexibility index (Phi) is 9.30. The van der Waals surface area contributed by atoms with Gasteiger partial charge in [-0.25, -0.2) is 0 Å². The number of nitrogens with zero attached hydrogens (tertiary/aromatic N) is 3. The second-order valence-corrected chi connectivity index (χ2v) is 13.6. The van der Waals surface area contributed by atoms with Crippen molar-refractivity contribution in [2.24, 2.45) is 0 Å². The molecule has 4 N–H and O–H groups in total. The summed E-state index contributed by atoms with van der Waals surface area (Å²) in [5.74, 6) is 4.60. The number of rotatable bonds is 7. The maximum atomic E-state index is 13.1. The van der Waals surface area contributed by atoms with Crippen LogP contribution in [0, 0.1) is 11.8 Å². The van der Waals surface area contributed by atoms with Crippen molar-refractivity contribution < 1.29 is 24.0 Å². The Hall–Kier alpha value is -6.84. The first-order valence-corrected chi connectivity index (χ1v) is 18.0. The van der Waals surface area contributed by atoms with E-state index in [9.17, 15) is 24.0 Å². The molecular formula is C42H32ClN7O5. The van der Waals surface area contributed by atoms with Crippen LogP contribution in [-0.2, 0) is 16.1 Å². The highest BCUT2D eigenvalue weighted by atomic mass is 35.5. The number of pyridine rings is 2. The molecule has 3 aromatic heterocycles. The average molecular weight is 750 g/mol. The molecule has 272 valence electrons. The number of hydrogen-bond donors (Lipinski definition) is 4. The van der Waals surface area contributed by atoms with Crippen molar-refractivity contribution >= 4 is 62.8 Å². The van der Waals surface area contributed by atoms with Crippen LogP contribution in [0.2, 0.25) is 5.02 Å². The Morgan fingerprint density at radius 2 is 1.78 bits per heavy atom. The molecule has 1 unspecified atom stereocenters. The maximum absolute atomic E-state index is 13.1. The molecule has 1 saturated heterocycles. The lowest BCUT2D eigenvalue weighted by atomic mass is 9.97. The zero-order valence-corrected chi connectivity index (χ0v) is 30.2. The summed E-state index contributed by atoms with van der Waals surface area (Å²) in [5.41, 5.74) is 6.54. The SMILES string of the molecule is CNC(=O)c1c[nH]c2cc(Cl)c(-c3cccc4cc(-c5ccc(C(=O)NCCC#Cc6cccc7c6CN(C6CCC(=O)NC6=O)C7=O)nc5)ncc34)cc12. The van der Waals surface area contributed by atoms with Crippen LogP contribution >= 0.6 is 11.6 Å². The molecule has 5 amide bonds. The summed E-state index contributed by atoms with van der Waals surface area (Å²) in [6, 6.07) is 19.6. The van der Waals surface area contributed by atoms with E-state index < -0.39 is 11.9 Å². The number of aromatic amines is 1. The highest BCUT2D eigenvalue weighted by Crippen LogP contribution is 2.38. The van der Waals surface area contributed by atoms with Crippen molar-refractivity contribution in [3.05, 3.63) is 118 Å². The molecular weight excluding hydrogens is 718 g/mol. The van der Waals surface area contributed by atoms with Gasteiger partial charge < -0.3 is 20.5 Å². The molecule has 0 saturated carbocycles. The maximum Gasteiger partial charge on any atom is 0.269 e. The van der Waals surface area contributed by atoms with Crippen molar-refractivity contribution in [3.63, 3.8) is 0 Å². The predicted molar refractivity (Wildman–Crippen MR) is 207 cm³/mol. The van der Waals surface area contributed by atoms with Gasteiger partial charge in [-0.3, -0.25) is 39.3 Å². The fourth-order valence-corrected chi connectivity index (χ4v) is 7.37. The van der Waals surface area contributed by atoms with Gasteiger partial charge in [0, 0.05) is 90.1 Å². The molecule has 0 radical (unpaired) electrons. The first kappa shape index (κ1) is 35.2. The van der Waals surface area contributed by atoms with E-state index in [0.717, 1.165) is 43.9 Å². The average Bonchev–Trinajstić information content (AvgIpc) is 3.77. The lowest BCUT2D eigenvalue weighted by Gasteiger charge is -2.29. The molecule has 12 nitrogen and oxygen atoms in total. The molecule has 3 aromatic carbocycles. The molecule has 5 heterocycles. The first-order chi connectivity index (χ1) is 26.7. The molecule has 0 bridgehead atoms. The minimum Gasteiger partial charge on any atom is -0.360 e. The third-order valence-electron chi connectivity index (χ3n) is 9.93. The summed E-state index contributed by atoms with van der Waals surface area (Å²) in [7, 11) is 1.59. The topological polar surface area (TPSA) is 166 Å². The standard InChI is InChI=1S/C42H32ClN7O5/c1-44-39(52)31-21-48-36-18-33(43)28(17-29(31)36)26-9-5-8-24-16-35(47-20-30(24)26)25-11-12-34(46-19-25)40(53)45-15-3-2-6-23-7-4-10-27-32(23)22-50(42(27)55)37-13-14-38(51)49-41(37)54/h4-5,7-12,16-21,37,48H,3,13-15,22H2,1H3,(H,44,52)(H,45,53)(H,49,51,54). The van der Waals surface area contributed by atoms with Crippen molar-refractivity contribution in [1.82, 2.24) is 35.8 Å². The number of halogens is 1. The van der Waals surface area contributed by atoms with Gasteiger partial charge in [-0.15, -0.1) is 0 Å². The third kappa shape index (κ3) is 6.66. The molecule has 6 aromatic rings. The Labute approximate surface area is 319 Å². The molecule has 1 atom stereocenters. The van der Waals surface area contributed by atoms with Crippen LogP contribution in [0.1, 0.15) is 61.6 Å². The second-order valence-electron chi connectivity index (χ2n) is 13.2. The number of aromatic nitrogens is 3. The Bertz CT molecular complexity index is 2660. The monoisotopic (exact) mass is 749 g/mol. The molecule has 1 fully saturated rings. The van der Waals surface area contributed by atoms with Crippen LogP contribution in [0.25, 0.3) is 44.1 Å². The van der Waals surface area contributed by atoms with Gasteiger partial charge in [0.2, 0.25) is 11.8 Å².